The number of para-hydroxylation sites is 1. The summed E-state index contributed by atoms with van der Waals surface area (Å²) in [4.78, 5) is 18.2. The van der Waals surface area contributed by atoms with E-state index in [1.807, 2.05) is 85.8 Å². The maximum Gasteiger partial charge on any atom is 0.320 e. The van der Waals surface area contributed by atoms with Crippen LogP contribution in [0.25, 0.3) is 16.9 Å². The number of hydrogen-bond acceptors (Lipinski definition) is 5. The number of anilines is 1. The average Bonchev–Trinajstić information content (AvgIpc) is 3.64. The van der Waals surface area contributed by atoms with Crippen molar-refractivity contribution in [2.75, 3.05) is 19.0 Å². The Morgan fingerprint density at radius 2 is 1.62 bits per heavy atom. The zero-order chi connectivity index (χ0) is 31.0. The number of carbonyl (C=O) groups is 1. The van der Waals surface area contributed by atoms with Crippen molar-refractivity contribution in [1.82, 2.24) is 20.1 Å². The lowest BCUT2D eigenvalue weighted by atomic mass is 9.93. The van der Waals surface area contributed by atoms with Gasteiger partial charge in [0.25, 0.3) is 0 Å². The van der Waals surface area contributed by atoms with Gasteiger partial charge in [-0.25, -0.2) is 14.5 Å². The molecule has 0 bridgehead atoms. The Labute approximate surface area is 264 Å². The second-order valence-corrected chi connectivity index (χ2v) is 11.6. The number of benzene rings is 3. The van der Waals surface area contributed by atoms with E-state index in [-0.39, 0.29) is 18.0 Å². The summed E-state index contributed by atoms with van der Waals surface area (Å²) < 4.78 is 13.0. The van der Waals surface area contributed by atoms with Gasteiger partial charge in [-0.3, -0.25) is 5.32 Å². The number of aromatic nitrogens is 3. The van der Waals surface area contributed by atoms with Gasteiger partial charge in [-0.05, 0) is 61.4 Å². The summed E-state index contributed by atoms with van der Waals surface area (Å²) >= 11 is 0. The van der Waals surface area contributed by atoms with Crippen LogP contribution in [0.15, 0.2) is 109 Å². The van der Waals surface area contributed by atoms with Crippen molar-refractivity contribution in [3.63, 3.8) is 0 Å². The Hall–Kier alpha value is -4.95. The molecule has 45 heavy (non-hydrogen) atoms. The molecule has 1 aliphatic rings. The molecule has 1 aliphatic carbocycles. The monoisotopic (exact) mass is 601 g/mol. The van der Waals surface area contributed by atoms with Gasteiger partial charge in [-0.1, -0.05) is 78.9 Å². The van der Waals surface area contributed by atoms with Crippen LogP contribution >= 0.6 is 0 Å². The van der Waals surface area contributed by atoms with E-state index in [0.717, 1.165) is 53.9 Å². The number of amides is 2. The fraction of sp³-hybridized carbons (Fsp3) is 0.270. The molecule has 2 heterocycles. The summed E-state index contributed by atoms with van der Waals surface area (Å²) in [5.41, 5.74) is 5.59. The summed E-state index contributed by atoms with van der Waals surface area (Å²) in [6, 6.07) is 33.9. The van der Waals surface area contributed by atoms with E-state index in [9.17, 15) is 4.79 Å². The molecule has 0 aliphatic heterocycles. The van der Waals surface area contributed by atoms with Crippen LogP contribution < -0.4 is 15.4 Å². The minimum absolute atomic E-state index is 0.00904. The highest BCUT2D eigenvalue weighted by Gasteiger charge is 2.36. The molecule has 3 aromatic carbocycles. The fourth-order valence-electron chi connectivity index (χ4n) is 6.21. The molecule has 0 spiro atoms. The number of urea groups is 1. The van der Waals surface area contributed by atoms with Crippen LogP contribution in [0.5, 0.6) is 5.88 Å². The second kappa shape index (κ2) is 14.2. The normalized spacial score (nSPS) is 17.6. The minimum atomic E-state index is -0.247. The predicted molar refractivity (Wildman–Crippen MR) is 177 cm³/mol. The predicted octanol–water partition coefficient (Wildman–Crippen LogP) is 7.54. The van der Waals surface area contributed by atoms with Crippen LogP contribution in [0, 0.1) is 12.8 Å². The molecule has 2 amide bonds. The zero-order valence-electron chi connectivity index (χ0n) is 25.7. The van der Waals surface area contributed by atoms with Crippen molar-refractivity contribution in [2.24, 2.45) is 5.92 Å². The molecular formula is C37H39N5O3. The van der Waals surface area contributed by atoms with Crippen molar-refractivity contribution in [2.45, 2.75) is 44.8 Å². The molecule has 1 fully saturated rings. The minimum Gasteiger partial charge on any atom is -0.473 e. The lowest BCUT2D eigenvalue weighted by Gasteiger charge is -2.22. The van der Waals surface area contributed by atoms with Crippen molar-refractivity contribution in [3.8, 4) is 22.8 Å². The smallest absolute Gasteiger partial charge is 0.320 e. The Bertz CT molecular complexity index is 1670. The number of ether oxygens (including phenoxy) is 2. The van der Waals surface area contributed by atoms with Crippen molar-refractivity contribution < 1.29 is 14.3 Å². The van der Waals surface area contributed by atoms with E-state index in [1.54, 1.807) is 18.0 Å². The molecule has 2 N–H and O–H groups in total. The quantitative estimate of drug-likeness (QED) is 0.163. The molecule has 2 aromatic heterocycles. The molecule has 0 radical (unpaired) electrons. The van der Waals surface area contributed by atoms with Crippen LogP contribution in [0.3, 0.4) is 0 Å². The van der Waals surface area contributed by atoms with E-state index < -0.39 is 0 Å². The summed E-state index contributed by atoms with van der Waals surface area (Å²) in [5, 5.41) is 11.4. The third-order valence-electron chi connectivity index (χ3n) is 8.53. The van der Waals surface area contributed by atoms with E-state index in [0.29, 0.717) is 24.2 Å². The van der Waals surface area contributed by atoms with E-state index >= 15 is 0 Å². The Morgan fingerprint density at radius 3 is 2.31 bits per heavy atom. The van der Waals surface area contributed by atoms with Gasteiger partial charge in [0.15, 0.2) is 0 Å². The topological polar surface area (TPSA) is 90.3 Å². The largest absolute Gasteiger partial charge is 0.473 e. The maximum atomic E-state index is 13.7. The standard InChI is InChI=1S/C37H39N5O3/c1-26-35(30-18-19-34(38-24-30)45-25-27-12-6-3-7-13-27)41-42(31-16-10-5-11-17-31)36(26)40-37(43)39-33-23-28(20-21-44-2)22-32(33)29-14-8-4-9-15-29/h3-19,24,28,32-33H,20-23,25H2,1-2H3,(H2,39,40,43)/t28-,32-,33+/m0/s1. The lowest BCUT2D eigenvalue weighted by Crippen LogP contribution is -2.40. The van der Waals surface area contributed by atoms with Gasteiger partial charge in [0, 0.05) is 49.1 Å². The third kappa shape index (κ3) is 7.24. The summed E-state index contributed by atoms with van der Waals surface area (Å²) in [5.74, 6) is 1.87. The van der Waals surface area contributed by atoms with E-state index in [4.69, 9.17) is 14.6 Å². The molecule has 3 atom stereocenters. The van der Waals surface area contributed by atoms with E-state index in [2.05, 4.69) is 39.9 Å². The van der Waals surface area contributed by atoms with E-state index in [1.165, 1.54) is 5.56 Å². The number of hydrogen-bond donors (Lipinski definition) is 2. The van der Waals surface area contributed by atoms with Crippen LogP contribution in [0.4, 0.5) is 10.6 Å². The first-order chi connectivity index (χ1) is 22.1. The first-order valence-electron chi connectivity index (χ1n) is 15.5. The molecule has 1 saturated carbocycles. The van der Waals surface area contributed by atoms with Crippen LogP contribution in [-0.4, -0.2) is 40.6 Å². The highest BCUT2D eigenvalue weighted by atomic mass is 16.5. The Kier molecular flexibility index (Phi) is 9.51. The van der Waals surface area contributed by atoms with Gasteiger partial charge in [0.2, 0.25) is 5.88 Å². The number of pyridine rings is 1. The van der Waals surface area contributed by atoms with Gasteiger partial charge >= 0.3 is 6.03 Å². The van der Waals surface area contributed by atoms with Crippen molar-refractivity contribution >= 4 is 11.8 Å². The van der Waals surface area contributed by atoms with Gasteiger partial charge in [0.1, 0.15) is 12.4 Å². The summed E-state index contributed by atoms with van der Waals surface area (Å²) in [6.45, 7) is 3.13. The molecule has 0 saturated heterocycles. The molecule has 0 unspecified atom stereocenters. The van der Waals surface area contributed by atoms with Crippen LogP contribution in [0.1, 0.15) is 41.9 Å². The molecule has 8 heteroatoms. The molecule has 6 rings (SSSR count). The van der Waals surface area contributed by atoms with Crippen LogP contribution in [-0.2, 0) is 11.3 Å². The summed E-state index contributed by atoms with van der Waals surface area (Å²) in [6.07, 6.45) is 4.66. The first-order valence-corrected chi connectivity index (χ1v) is 15.5. The highest BCUT2D eigenvalue weighted by molar-refractivity contribution is 5.91. The Morgan fingerprint density at radius 1 is 0.911 bits per heavy atom. The highest BCUT2D eigenvalue weighted by Crippen LogP contribution is 2.40. The van der Waals surface area contributed by atoms with Crippen molar-refractivity contribution in [1.29, 1.82) is 0 Å². The van der Waals surface area contributed by atoms with Crippen molar-refractivity contribution in [3.05, 3.63) is 126 Å². The number of rotatable bonds is 11. The lowest BCUT2D eigenvalue weighted by molar-refractivity contribution is 0.177. The van der Waals surface area contributed by atoms with Gasteiger partial charge in [-0.15, -0.1) is 0 Å². The van der Waals surface area contributed by atoms with Gasteiger partial charge in [0.05, 0.1) is 11.4 Å². The maximum absolute atomic E-state index is 13.7. The van der Waals surface area contributed by atoms with Crippen LogP contribution in [0.2, 0.25) is 0 Å². The summed E-state index contributed by atoms with van der Waals surface area (Å²) in [7, 11) is 1.74. The number of nitrogens with one attached hydrogen (secondary N) is 2. The number of methoxy groups -OCH3 is 1. The average molecular weight is 602 g/mol. The molecular weight excluding hydrogens is 562 g/mol. The third-order valence-corrected chi connectivity index (χ3v) is 8.53. The molecule has 230 valence electrons. The first kappa shape index (κ1) is 30.1. The molecule has 5 aromatic rings. The second-order valence-electron chi connectivity index (χ2n) is 11.6. The SMILES string of the molecule is COCC[C@@H]1C[C@@H](NC(=O)Nc2c(C)c(-c3ccc(OCc4ccccc4)nc3)nn2-c2ccccc2)[C@H](c2ccccc2)C1. The number of nitrogens with zero attached hydrogens (tertiary/aromatic N) is 3. The van der Waals surface area contributed by atoms with Gasteiger partial charge < -0.3 is 14.8 Å². The number of carbonyl (C=O) groups excluding carboxylic acids is 1. The fourth-order valence-corrected chi connectivity index (χ4v) is 6.21. The molecule has 8 nitrogen and oxygen atoms in total. The zero-order valence-corrected chi connectivity index (χ0v) is 25.7. The Balaban J connectivity index is 1.22. The van der Waals surface area contributed by atoms with Gasteiger partial charge in [-0.2, -0.15) is 5.10 Å².